The predicted octanol–water partition coefficient (Wildman–Crippen LogP) is 0.797. The summed E-state index contributed by atoms with van der Waals surface area (Å²) in [6.45, 7) is 11.2. The van der Waals surface area contributed by atoms with Crippen LogP contribution in [-0.2, 0) is 9.59 Å². The van der Waals surface area contributed by atoms with E-state index in [4.69, 9.17) is 0 Å². The molecule has 2 heterocycles. The van der Waals surface area contributed by atoms with Crippen LogP contribution in [0.4, 0.5) is 0 Å². The number of thioether (sulfide) groups is 1. The van der Waals surface area contributed by atoms with Gasteiger partial charge >= 0.3 is 0 Å². The topological polar surface area (TPSA) is 52.7 Å². The van der Waals surface area contributed by atoms with Gasteiger partial charge in [-0.1, -0.05) is 13.8 Å². The van der Waals surface area contributed by atoms with Crippen LogP contribution in [0.25, 0.3) is 0 Å². The van der Waals surface area contributed by atoms with E-state index < -0.39 is 5.54 Å². The third-order valence-corrected chi connectivity index (χ3v) is 5.17. The van der Waals surface area contributed by atoms with Gasteiger partial charge in [0.15, 0.2) is 0 Å². The fraction of sp³-hybridized carbons (Fsp3) is 0.867. The Morgan fingerprint density at radius 3 is 2.43 bits per heavy atom. The van der Waals surface area contributed by atoms with Crippen LogP contribution in [0.3, 0.4) is 0 Å². The van der Waals surface area contributed by atoms with Crippen molar-refractivity contribution in [2.45, 2.75) is 39.3 Å². The molecule has 2 saturated heterocycles. The van der Waals surface area contributed by atoms with Crippen LogP contribution in [0.2, 0.25) is 0 Å². The molecule has 2 fully saturated rings. The minimum Gasteiger partial charge on any atom is -0.340 e. The smallest absolute Gasteiger partial charge is 0.248 e. The van der Waals surface area contributed by atoms with E-state index in [1.807, 2.05) is 25.6 Å². The predicted molar refractivity (Wildman–Crippen MR) is 86.3 cm³/mol. The standard InChI is InChI=1S/C15H27N3O2S/c1-11(2)12-13(19)16-15(3,4)14(20)18(12)6-5-17-7-9-21-10-8-17/h11-12H,5-10H2,1-4H3,(H,16,19). The van der Waals surface area contributed by atoms with Crippen LogP contribution in [-0.4, -0.2) is 70.9 Å². The zero-order chi connectivity index (χ0) is 15.6. The monoisotopic (exact) mass is 313 g/mol. The molecule has 0 spiro atoms. The highest BCUT2D eigenvalue weighted by molar-refractivity contribution is 7.99. The maximum absolute atomic E-state index is 12.7. The first-order valence-corrected chi connectivity index (χ1v) is 8.91. The zero-order valence-corrected chi connectivity index (χ0v) is 14.3. The van der Waals surface area contributed by atoms with E-state index in [-0.39, 0.29) is 23.8 Å². The highest BCUT2D eigenvalue weighted by Gasteiger charge is 2.46. The summed E-state index contributed by atoms with van der Waals surface area (Å²) in [6, 6.07) is -0.343. The minimum absolute atomic E-state index is 0.0243. The second-order valence-corrected chi connectivity index (χ2v) is 7.98. The summed E-state index contributed by atoms with van der Waals surface area (Å²) >= 11 is 1.98. The maximum Gasteiger partial charge on any atom is 0.248 e. The van der Waals surface area contributed by atoms with Crippen molar-refractivity contribution in [1.82, 2.24) is 15.1 Å². The molecule has 1 atom stereocenters. The lowest BCUT2D eigenvalue weighted by molar-refractivity contribution is -0.155. The molecule has 0 bridgehead atoms. The first kappa shape index (κ1) is 16.6. The Kier molecular flexibility index (Phi) is 5.20. The van der Waals surface area contributed by atoms with Crippen molar-refractivity contribution in [2.75, 3.05) is 37.7 Å². The summed E-state index contributed by atoms with van der Waals surface area (Å²) in [4.78, 5) is 29.2. The Balaban J connectivity index is 2.06. The molecule has 2 amide bonds. The van der Waals surface area contributed by atoms with E-state index in [0.29, 0.717) is 6.54 Å². The van der Waals surface area contributed by atoms with Crippen molar-refractivity contribution in [2.24, 2.45) is 5.92 Å². The summed E-state index contributed by atoms with van der Waals surface area (Å²) < 4.78 is 0. The summed E-state index contributed by atoms with van der Waals surface area (Å²) in [5.74, 6) is 2.46. The second kappa shape index (κ2) is 6.57. The second-order valence-electron chi connectivity index (χ2n) is 6.76. The Morgan fingerprint density at radius 2 is 1.86 bits per heavy atom. The van der Waals surface area contributed by atoms with Crippen molar-refractivity contribution < 1.29 is 9.59 Å². The summed E-state index contributed by atoms with van der Waals surface area (Å²) in [5, 5.41) is 2.86. The van der Waals surface area contributed by atoms with Gasteiger partial charge in [0.05, 0.1) is 0 Å². The van der Waals surface area contributed by atoms with Gasteiger partial charge in [0, 0.05) is 37.7 Å². The van der Waals surface area contributed by atoms with E-state index in [9.17, 15) is 9.59 Å². The number of carbonyl (C=O) groups excluding carboxylic acids is 2. The summed E-state index contributed by atoms with van der Waals surface area (Å²) in [7, 11) is 0. The quantitative estimate of drug-likeness (QED) is 0.834. The van der Waals surface area contributed by atoms with Gasteiger partial charge in [-0.25, -0.2) is 0 Å². The normalized spacial score (nSPS) is 27.1. The molecule has 2 rings (SSSR count). The van der Waals surface area contributed by atoms with Crippen LogP contribution in [0.15, 0.2) is 0 Å². The fourth-order valence-electron chi connectivity index (χ4n) is 3.04. The van der Waals surface area contributed by atoms with Gasteiger partial charge < -0.3 is 10.2 Å². The summed E-state index contributed by atoms with van der Waals surface area (Å²) in [5.41, 5.74) is -0.791. The first-order valence-electron chi connectivity index (χ1n) is 7.76. The van der Waals surface area contributed by atoms with Crippen molar-refractivity contribution in [3.63, 3.8) is 0 Å². The molecule has 1 unspecified atom stereocenters. The van der Waals surface area contributed by atoms with E-state index in [1.54, 1.807) is 18.7 Å². The Labute approximate surface area is 131 Å². The van der Waals surface area contributed by atoms with Gasteiger partial charge in [-0.2, -0.15) is 11.8 Å². The molecule has 0 aromatic heterocycles. The van der Waals surface area contributed by atoms with Gasteiger partial charge in [0.1, 0.15) is 11.6 Å². The van der Waals surface area contributed by atoms with Crippen molar-refractivity contribution in [1.29, 1.82) is 0 Å². The summed E-state index contributed by atoms with van der Waals surface area (Å²) in [6.07, 6.45) is 0. The van der Waals surface area contributed by atoms with Crippen molar-refractivity contribution in [3.05, 3.63) is 0 Å². The number of carbonyl (C=O) groups is 2. The maximum atomic E-state index is 12.7. The Bertz CT molecular complexity index is 406. The number of hydrogen-bond donors (Lipinski definition) is 1. The molecule has 0 radical (unpaired) electrons. The van der Waals surface area contributed by atoms with Crippen LogP contribution >= 0.6 is 11.8 Å². The Hall–Kier alpha value is -0.750. The van der Waals surface area contributed by atoms with Gasteiger partial charge in [-0.05, 0) is 19.8 Å². The molecule has 120 valence electrons. The highest BCUT2D eigenvalue weighted by atomic mass is 32.2. The lowest BCUT2D eigenvalue weighted by Gasteiger charge is -2.45. The number of amides is 2. The van der Waals surface area contributed by atoms with E-state index in [1.165, 1.54) is 0 Å². The van der Waals surface area contributed by atoms with E-state index in [2.05, 4.69) is 10.2 Å². The molecule has 0 aromatic rings. The molecule has 0 aromatic carbocycles. The van der Waals surface area contributed by atoms with E-state index >= 15 is 0 Å². The molecule has 5 nitrogen and oxygen atoms in total. The van der Waals surface area contributed by atoms with Crippen LogP contribution in [0, 0.1) is 5.92 Å². The van der Waals surface area contributed by atoms with Crippen molar-refractivity contribution >= 4 is 23.6 Å². The van der Waals surface area contributed by atoms with Gasteiger partial charge in [0.2, 0.25) is 11.8 Å². The van der Waals surface area contributed by atoms with Crippen LogP contribution in [0.1, 0.15) is 27.7 Å². The lowest BCUT2D eigenvalue weighted by Crippen LogP contribution is -2.69. The molecule has 2 aliphatic heterocycles. The number of rotatable bonds is 4. The fourth-order valence-corrected chi connectivity index (χ4v) is 4.02. The SMILES string of the molecule is CC(C)C1C(=O)NC(C)(C)C(=O)N1CCN1CCSCC1. The number of nitrogens with zero attached hydrogens (tertiary/aromatic N) is 2. The lowest BCUT2D eigenvalue weighted by atomic mass is 9.91. The van der Waals surface area contributed by atoms with Gasteiger partial charge in [-0.3, -0.25) is 14.5 Å². The Morgan fingerprint density at radius 1 is 1.24 bits per heavy atom. The largest absolute Gasteiger partial charge is 0.340 e. The van der Waals surface area contributed by atoms with Crippen molar-refractivity contribution in [3.8, 4) is 0 Å². The number of hydrogen-bond acceptors (Lipinski definition) is 4. The molecular formula is C15H27N3O2S. The minimum atomic E-state index is -0.791. The average Bonchev–Trinajstić information content (AvgIpc) is 2.41. The third-order valence-electron chi connectivity index (χ3n) is 4.23. The third kappa shape index (κ3) is 3.72. The number of piperazine rings is 1. The molecule has 21 heavy (non-hydrogen) atoms. The molecule has 6 heteroatoms. The molecule has 0 aliphatic carbocycles. The van der Waals surface area contributed by atoms with Crippen LogP contribution < -0.4 is 5.32 Å². The molecule has 2 aliphatic rings. The number of nitrogens with one attached hydrogen (secondary N) is 1. The first-order chi connectivity index (χ1) is 9.83. The van der Waals surface area contributed by atoms with E-state index in [0.717, 1.165) is 31.1 Å². The molecule has 1 N–H and O–H groups in total. The highest BCUT2D eigenvalue weighted by Crippen LogP contribution is 2.22. The molecular weight excluding hydrogens is 286 g/mol. The molecule has 0 saturated carbocycles. The zero-order valence-electron chi connectivity index (χ0n) is 13.5. The van der Waals surface area contributed by atoms with Gasteiger partial charge in [0.25, 0.3) is 0 Å². The van der Waals surface area contributed by atoms with Gasteiger partial charge in [-0.15, -0.1) is 0 Å². The average molecular weight is 313 g/mol. The van der Waals surface area contributed by atoms with Crippen LogP contribution in [0.5, 0.6) is 0 Å².